The summed E-state index contributed by atoms with van der Waals surface area (Å²) in [4.78, 5) is 11.7. The minimum Gasteiger partial charge on any atom is -0.508 e. The van der Waals surface area contributed by atoms with Crippen LogP contribution in [0.15, 0.2) is 42.6 Å². The highest BCUT2D eigenvalue weighted by Gasteiger charge is 2.06. The zero-order chi connectivity index (χ0) is 11.7. The summed E-state index contributed by atoms with van der Waals surface area (Å²) in [5.74, 6) is 1.10. The van der Waals surface area contributed by atoms with Gasteiger partial charge >= 0.3 is 0 Å². The lowest BCUT2D eigenvalue weighted by Crippen LogP contribution is -1.90. The first kappa shape index (κ1) is 9.84. The number of nitrogens with zero attached hydrogens (tertiary/aromatic N) is 2. The SMILES string of the molecule is Oc1ccccc1Cc1nc2ncccc2[nH]1. The number of phenolic OH excluding ortho intramolecular Hbond substituents is 1. The molecule has 2 N–H and O–H groups in total. The predicted octanol–water partition coefficient (Wildman–Crippen LogP) is 2.25. The van der Waals surface area contributed by atoms with Gasteiger partial charge in [0.25, 0.3) is 0 Å². The number of H-pyrrole nitrogens is 1. The largest absolute Gasteiger partial charge is 0.508 e. The van der Waals surface area contributed by atoms with Crippen LogP contribution in [-0.4, -0.2) is 20.1 Å². The van der Waals surface area contributed by atoms with Crippen LogP contribution in [0.1, 0.15) is 11.4 Å². The van der Waals surface area contributed by atoms with Crippen molar-refractivity contribution in [1.82, 2.24) is 15.0 Å². The molecule has 0 bridgehead atoms. The van der Waals surface area contributed by atoms with E-state index in [0.29, 0.717) is 17.8 Å². The highest BCUT2D eigenvalue weighted by molar-refractivity contribution is 5.70. The quantitative estimate of drug-likeness (QED) is 0.703. The van der Waals surface area contributed by atoms with Crippen molar-refractivity contribution < 1.29 is 5.11 Å². The number of hydrogen-bond donors (Lipinski definition) is 2. The first-order valence-electron chi connectivity index (χ1n) is 5.39. The van der Waals surface area contributed by atoms with Crippen molar-refractivity contribution in [1.29, 1.82) is 0 Å². The summed E-state index contributed by atoms with van der Waals surface area (Å²) in [6, 6.07) is 11.1. The molecule has 0 saturated heterocycles. The summed E-state index contributed by atoms with van der Waals surface area (Å²) in [5.41, 5.74) is 2.47. The van der Waals surface area contributed by atoms with Gasteiger partial charge < -0.3 is 10.1 Å². The van der Waals surface area contributed by atoms with Crippen LogP contribution in [0.2, 0.25) is 0 Å². The van der Waals surface area contributed by atoms with Crippen LogP contribution >= 0.6 is 0 Å². The third-order valence-corrected chi connectivity index (χ3v) is 2.66. The fourth-order valence-corrected chi connectivity index (χ4v) is 1.82. The Labute approximate surface area is 98.0 Å². The van der Waals surface area contributed by atoms with E-state index in [9.17, 15) is 5.11 Å². The normalized spacial score (nSPS) is 10.8. The van der Waals surface area contributed by atoms with E-state index < -0.39 is 0 Å². The van der Waals surface area contributed by atoms with Gasteiger partial charge in [0.1, 0.15) is 11.6 Å². The van der Waals surface area contributed by atoms with Crippen molar-refractivity contribution in [3.8, 4) is 5.75 Å². The van der Waals surface area contributed by atoms with Crippen molar-refractivity contribution in [2.45, 2.75) is 6.42 Å². The van der Waals surface area contributed by atoms with E-state index in [2.05, 4.69) is 15.0 Å². The number of aromatic amines is 1. The maximum atomic E-state index is 9.69. The van der Waals surface area contributed by atoms with Crippen LogP contribution in [0.4, 0.5) is 0 Å². The molecular weight excluding hydrogens is 214 g/mol. The average molecular weight is 225 g/mol. The molecule has 17 heavy (non-hydrogen) atoms. The fourth-order valence-electron chi connectivity index (χ4n) is 1.82. The molecule has 1 aromatic carbocycles. The number of hydrogen-bond acceptors (Lipinski definition) is 3. The standard InChI is InChI=1S/C13H11N3O/c17-11-6-2-1-4-9(11)8-12-15-10-5-3-7-14-13(10)16-12/h1-7,17H,8H2,(H,14,15,16). The van der Waals surface area contributed by atoms with E-state index in [0.717, 1.165) is 16.9 Å². The summed E-state index contributed by atoms with van der Waals surface area (Å²) >= 11 is 0. The van der Waals surface area contributed by atoms with Gasteiger partial charge in [-0.2, -0.15) is 0 Å². The van der Waals surface area contributed by atoms with Crippen LogP contribution in [0.3, 0.4) is 0 Å². The summed E-state index contributed by atoms with van der Waals surface area (Å²) < 4.78 is 0. The minimum atomic E-state index is 0.293. The monoisotopic (exact) mass is 225 g/mol. The molecular formula is C13H11N3O. The smallest absolute Gasteiger partial charge is 0.177 e. The summed E-state index contributed by atoms with van der Waals surface area (Å²) in [6.45, 7) is 0. The number of fused-ring (bicyclic) bond motifs is 1. The average Bonchev–Trinajstić information content (AvgIpc) is 2.74. The van der Waals surface area contributed by atoms with Crippen LogP contribution in [0, 0.1) is 0 Å². The Morgan fingerprint density at radius 2 is 2.00 bits per heavy atom. The summed E-state index contributed by atoms with van der Waals surface area (Å²) in [5, 5.41) is 9.69. The molecule has 2 aromatic heterocycles. The zero-order valence-electron chi connectivity index (χ0n) is 9.09. The Hall–Kier alpha value is -2.36. The molecule has 3 aromatic rings. The number of phenols is 1. The van der Waals surface area contributed by atoms with Crippen molar-refractivity contribution in [2.24, 2.45) is 0 Å². The molecule has 0 saturated carbocycles. The number of aromatic nitrogens is 3. The topological polar surface area (TPSA) is 61.8 Å². The van der Waals surface area contributed by atoms with Crippen molar-refractivity contribution in [3.63, 3.8) is 0 Å². The minimum absolute atomic E-state index is 0.293. The Morgan fingerprint density at radius 3 is 2.82 bits per heavy atom. The molecule has 0 unspecified atom stereocenters. The van der Waals surface area contributed by atoms with Gasteiger partial charge in [-0.3, -0.25) is 0 Å². The molecule has 0 spiro atoms. The van der Waals surface area contributed by atoms with Gasteiger partial charge in [-0.05, 0) is 18.2 Å². The van der Waals surface area contributed by atoms with Crippen molar-refractivity contribution >= 4 is 11.2 Å². The Kier molecular flexibility index (Phi) is 2.26. The van der Waals surface area contributed by atoms with Gasteiger partial charge in [0.2, 0.25) is 0 Å². The highest BCUT2D eigenvalue weighted by Crippen LogP contribution is 2.19. The fraction of sp³-hybridized carbons (Fsp3) is 0.0769. The maximum Gasteiger partial charge on any atom is 0.177 e. The van der Waals surface area contributed by atoms with Gasteiger partial charge in [-0.25, -0.2) is 9.97 Å². The molecule has 0 amide bonds. The summed E-state index contributed by atoms with van der Waals surface area (Å²) in [6.07, 6.45) is 2.29. The molecule has 0 fully saturated rings. The molecule has 4 heteroatoms. The van der Waals surface area contributed by atoms with Crippen LogP contribution in [0.25, 0.3) is 11.2 Å². The number of rotatable bonds is 2. The zero-order valence-corrected chi connectivity index (χ0v) is 9.09. The first-order valence-corrected chi connectivity index (χ1v) is 5.39. The molecule has 0 aliphatic rings. The number of para-hydroxylation sites is 1. The molecule has 2 heterocycles. The molecule has 0 atom stereocenters. The lowest BCUT2D eigenvalue weighted by molar-refractivity contribution is 0.469. The first-order chi connectivity index (χ1) is 8.33. The number of nitrogens with one attached hydrogen (secondary N) is 1. The molecule has 84 valence electrons. The third-order valence-electron chi connectivity index (χ3n) is 2.66. The van der Waals surface area contributed by atoms with Gasteiger partial charge in [0, 0.05) is 18.2 Å². The number of pyridine rings is 1. The second kappa shape index (κ2) is 3.90. The van der Waals surface area contributed by atoms with Crippen LogP contribution in [-0.2, 0) is 6.42 Å². The number of benzene rings is 1. The van der Waals surface area contributed by atoms with E-state index in [1.54, 1.807) is 18.3 Å². The Balaban J connectivity index is 1.98. The Morgan fingerprint density at radius 1 is 1.12 bits per heavy atom. The van der Waals surface area contributed by atoms with Gasteiger partial charge in [-0.15, -0.1) is 0 Å². The maximum absolute atomic E-state index is 9.69. The Bertz CT molecular complexity index is 627. The molecule has 0 radical (unpaired) electrons. The van der Waals surface area contributed by atoms with E-state index >= 15 is 0 Å². The number of aromatic hydroxyl groups is 1. The van der Waals surface area contributed by atoms with Crippen LogP contribution in [0.5, 0.6) is 5.75 Å². The van der Waals surface area contributed by atoms with E-state index in [1.807, 2.05) is 24.3 Å². The van der Waals surface area contributed by atoms with Gasteiger partial charge in [0.15, 0.2) is 5.65 Å². The molecule has 4 nitrogen and oxygen atoms in total. The lowest BCUT2D eigenvalue weighted by Gasteiger charge is -2.00. The second-order valence-electron chi connectivity index (χ2n) is 3.86. The second-order valence-corrected chi connectivity index (χ2v) is 3.86. The van der Waals surface area contributed by atoms with Gasteiger partial charge in [-0.1, -0.05) is 18.2 Å². The van der Waals surface area contributed by atoms with Crippen LogP contribution < -0.4 is 0 Å². The molecule has 0 aliphatic heterocycles. The van der Waals surface area contributed by atoms with E-state index in [4.69, 9.17) is 0 Å². The van der Waals surface area contributed by atoms with Gasteiger partial charge in [0.05, 0.1) is 5.52 Å². The van der Waals surface area contributed by atoms with Crippen molar-refractivity contribution in [3.05, 3.63) is 54.0 Å². The highest BCUT2D eigenvalue weighted by atomic mass is 16.3. The third kappa shape index (κ3) is 1.85. The van der Waals surface area contributed by atoms with Crippen molar-refractivity contribution in [2.75, 3.05) is 0 Å². The molecule has 0 aliphatic carbocycles. The lowest BCUT2D eigenvalue weighted by atomic mass is 10.1. The summed E-state index contributed by atoms with van der Waals surface area (Å²) in [7, 11) is 0. The molecule has 3 rings (SSSR count). The van der Waals surface area contributed by atoms with E-state index in [1.165, 1.54) is 0 Å². The number of imidazole rings is 1. The van der Waals surface area contributed by atoms with E-state index in [-0.39, 0.29) is 0 Å². The predicted molar refractivity (Wildman–Crippen MR) is 64.8 cm³/mol.